The molecule has 1 fully saturated rings. The zero-order valence-electron chi connectivity index (χ0n) is 13.5. The van der Waals surface area contributed by atoms with Gasteiger partial charge in [-0.05, 0) is 50.3 Å². The van der Waals surface area contributed by atoms with Gasteiger partial charge >= 0.3 is 0 Å². The fourth-order valence-corrected chi connectivity index (χ4v) is 2.60. The lowest BCUT2D eigenvalue weighted by Gasteiger charge is -2.26. The second kappa shape index (κ2) is 5.67. The molecule has 0 radical (unpaired) electrons. The Balaban J connectivity index is 1.73. The molecule has 0 bridgehead atoms. The van der Waals surface area contributed by atoms with Gasteiger partial charge in [-0.25, -0.2) is 4.39 Å². The average molecular weight is 322 g/mol. The third kappa shape index (κ3) is 3.42. The van der Waals surface area contributed by atoms with Crippen LogP contribution in [0, 0.1) is 5.92 Å². The molecule has 1 aliphatic carbocycles. The first kappa shape index (κ1) is 16.1. The monoisotopic (exact) mass is 322 g/mol. The maximum Gasteiger partial charge on any atom is 0.254 e. The van der Waals surface area contributed by atoms with Crippen LogP contribution in [0.1, 0.15) is 42.6 Å². The Morgan fingerprint density at radius 1 is 1.48 bits per heavy atom. The van der Waals surface area contributed by atoms with Crippen LogP contribution in [-0.4, -0.2) is 40.8 Å². The minimum Gasteiger partial charge on any atom is -0.491 e. The van der Waals surface area contributed by atoms with Gasteiger partial charge in [-0.15, -0.1) is 0 Å². The Morgan fingerprint density at radius 2 is 2.17 bits per heavy atom. The predicted molar refractivity (Wildman–Crippen MR) is 85.0 cm³/mol. The first-order valence-electron chi connectivity index (χ1n) is 7.96. The number of hydrogen-bond acceptors (Lipinski definition) is 4. The first-order chi connectivity index (χ1) is 10.8. The summed E-state index contributed by atoms with van der Waals surface area (Å²) in [7, 11) is 0. The molecule has 1 aromatic rings. The molecule has 126 valence electrons. The number of benzene rings is 1. The number of alkyl halides is 1. The molecule has 0 spiro atoms. The van der Waals surface area contributed by atoms with Gasteiger partial charge in [0.2, 0.25) is 0 Å². The SMILES string of the molecule is CC(C)(O)C(F)CN1Cc2cc(N)c(OCC3CC3)cc2C1=O. The van der Waals surface area contributed by atoms with E-state index in [9.17, 15) is 14.3 Å². The zero-order chi connectivity index (χ0) is 16.8. The molecule has 0 saturated heterocycles. The number of hydrogen-bond donors (Lipinski definition) is 2. The van der Waals surface area contributed by atoms with Crippen LogP contribution in [0.2, 0.25) is 0 Å². The van der Waals surface area contributed by atoms with Crippen molar-refractivity contribution in [1.29, 1.82) is 0 Å². The molecular weight excluding hydrogens is 299 g/mol. The lowest BCUT2D eigenvalue weighted by atomic mass is 10.0. The van der Waals surface area contributed by atoms with Crippen LogP contribution in [0.3, 0.4) is 0 Å². The molecule has 23 heavy (non-hydrogen) atoms. The van der Waals surface area contributed by atoms with E-state index < -0.39 is 11.8 Å². The molecule has 0 aromatic heterocycles. The molecule has 1 amide bonds. The molecule has 1 atom stereocenters. The zero-order valence-corrected chi connectivity index (χ0v) is 13.5. The summed E-state index contributed by atoms with van der Waals surface area (Å²) in [6.45, 7) is 3.57. The predicted octanol–water partition coefficient (Wildman–Crippen LogP) is 2.12. The van der Waals surface area contributed by atoms with Gasteiger partial charge < -0.3 is 20.5 Å². The van der Waals surface area contributed by atoms with Gasteiger partial charge in [0.15, 0.2) is 0 Å². The third-order valence-corrected chi connectivity index (χ3v) is 4.43. The molecule has 1 aliphatic heterocycles. The number of nitrogen functional groups attached to an aromatic ring is 1. The minimum atomic E-state index is -1.51. The van der Waals surface area contributed by atoms with Crippen molar-refractivity contribution in [3.8, 4) is 5.75 Å². The van der Waals surface area contributed by atoms with Crippen LogP contribution in [0.25, 0.3) is 0 Å². The maximum absolute atomic E-state index is 14.0. The van der Waals surface area contributed by atoms with Crippen LogP contribution in [0.4, 0.5) is 10.1 Å². The molecule has 2 aliphatic rings. The average Bonchev–Trinajstić information content (AvgIpc) is 3.23. The molecule has 3 N–H and O–H groups in total. The van der Waals surface area contributed by atoms with Crippen molar-refractivity contribution >= 4 is 11.6 Å². The number of anilines is 1. The van der Waals surface area contributed by atoms with Crippen LogP contribution in [-0.2, 0) is 6.54 Å². The maximum atomic E-state index is 14.0. The standard InChI is InChI=1S/C17H23FN2O3/c1-17(2,22)15(18)8-20-7-11-5-13(19)14(6-12(11)16(20)21)23-9-10-3-4-10/h5-6,10,15,22H,3-4,7-9,19H2,1-2H3. The Labute approximate surface area is 135 Å². The molecule has 3 rings (SSSR count). The van der Waals surface area contributed by atoms with Crippen LogP contribution < -0.4 is 10.5 Å². The summed E-state index contributed by atoms with van der Waals surface area (Å²) in [6.07, 6.45) is 0.836. The summed E-state index contributed by atoms with van der Waals surface area (Å²) in [6, 6.07) is 3.39. The number of nitrogens with two attached hydrogens (primary N) is 1. The van der Waals surface area contributed by atoms with Gasteiger partial charge in [-0.1, -0.05) is 0 Å². The fraction of sp³-hybridized carbons (Fsp3) is 0.588. The largest absolute Gasteiger partial charge is 0.491 e. The highest BCUT2D eigenvalue weighted by Crippen LogP contribution is 2.35. The number of fused-ring (bicyclic) bond motifs is 1. The lowest BCUT2D eigenvalue weighted by molar-refractivity contribution is -0.0159. The Kier molecular flexibility index (Phi) is 3.96. The summed E-state index contributed by atoms with van der Waals surface area (Å²) in [4.78, 5) is 13.9. The van der Waals surface area contributed by atoms with E-state index in [2.05, 4.69) is 0 Å². The van der Waals surface area contributed by atoms with E-state index in [1.54, 1.807) is 12.1 Å². The summed E-state index contributed by atoms with van der Waals surface area (Å²) in [5.74, 6) is 0.863. The normalized spacial score (nSPS) is 19.0. The van der Waals surface area contributed by atoms with Gasteiger partial charge in [0.25, 0.3) is 5.91 Å². The van der Waals surface area contributed by atoms with Crippen molar-refractivity contribution in [3.05, 3.63) is 23.3 Å². The first-order valence-corrected chi connectivity index (χ1v) is 7.96. The summed E-state index contributed by atoms with van der Waals surface area (Å²) < 4.78 is 19.7. The summed E-state index contributed by atoms with van der Waals surface area (Å²) in [5, 5.41) is 9.71. The van der Waals surface area contributed by atoms with Crippen molar-refractivity contribution in [2.24, 2.45) is 5.92 Å². The molecule has 1 aromatic carbocycles. The highest BCUT2D eigenvalue weighted by molar-refractivity contribution is 5.99. The highest BCUT2D eigenvalue weighted by atomic mass is 19.1. The van der Waals surface area contributed by atoms with E-state index in [4.69, 9.17) is 10.5 Å². The van der Waals surface area contributed by atoms with E-state index in [1.807, 2.05) is 0 Å². The van der Waals surface area contributed by atoms with Crippen molar-refractivity contribution in [1.82, 2.24) is 4.90 Å². The second-order valence-electron chi connectivity index (χ2n) is 7.11. The number of ether oxygens (including phenoxy) is 1. The summed E-state index contributed by atoms with van der Waals surface area (Å²) >= 11 is 0. The number of rotatable bonds is 6. The number of carbonyl (C=O) groups is 1. The Bertz CT molecular complexity index is 623. The number of nitrogens with zero attached hydrogens (tertiary/aromatic N) is 1. The molecule has 6 heteroatoms. The van der Waals surface area contributed by atoms with Crippen LogP contribution in [0.5, 0.6) is 5.75 Å². The van der Waals surface area contributed by atoms with E-state index in [0.717, 1.165) is 5.56 Å². The number of aliphatic hydroxyl groups is 1. The second-order valence-corrected chi connectivity index (χ2v) is 7.11. The topological polar surface area (TPSA) is 75.8 Å². The van der Waals surface area contributed by atoms with Crippen molar-refractivity contribution in [2.75, 3.05) is 18.9 Å². The molecule has 1 saturated carbocycles. The van der Waals surface area contributed by atoms with Gasteiger partial charge in [0.05, 0.1) is 24.4 Å². The van der Waals surface area contributed by atoms with E-state index in [1.165, 1.54) is 31.6 Å². The number of carbonyl (C=O) groups excluding carboxylic acids is 1. The van der Waals surface area contributed by atoms with Crippen molar-refractivity contribution in [2.45, 2.75) is 45.0 Å². The molecular formula is C17H23FN2O3. The van der Waals surface area contributed by atoms with Crippen LogP contribution >= 0.6 is 0 Å². The number of amides is 1. The van der Waals surface area contributed by atoms with Gasteiger partial charge in [-0.3, -0.25) is 4.79 Å². The van der Waals surface area contributed by atoms with Crippen molar-refractivity contribution < 1.29 is 19.0 Å². The molecule has 1 unspecified atom stereocenters. The fourth-order valence-electron chi connectivity index (χ4n) is 2.60. The van der Waals surface area contributed by atoms with E-state index >= 15 is 0 Å². The Hall–Kier alpha value is -1.82. The van der Waals surface area contributed by atoms with E-state index in [0.29, 0.717) is 36.1 Å². The quantitative estimate of drug-likeness (QED) is 0.787. The van der Waals surface area contributed by atoms with Gasteiger partial charge in [-0.2, -0.15) is 0 Å². The minimum absolute atomic E-state index is 0.144. The van der Waals surface area contributed by atoms with Crippen LogP contribution in [0.15, 0.2) is 12.1 Å². The van der Waals surface area contributed by atoms with Crippen molar-refractivity contribution in [3.63, 3.8) is 0 Å². The lowest BCUT2D eigenvalue weighted by Crippen LogP contribution is -2.42. The Morgan fingerprint density at radius 3 is 2.78 bits per heavy atom. The van der Waals surface area contributed by atoms with Gasteiger partial charge in [0.1, 0.15) is 11.9 Å². The number of halogens is 1. The van der Waals surface area contributed by atoms with Gasteiger partial charge in [0, 0.05) is 12.1 Å². The third-order valence-electron chi connectivity index (χ3n) is 4.43. The van der Waals surface area contributed by atoms with E-state index in [-0.39, 0.29) is 12.5 Å². The molecule has 5 nitrogen and oxygen atoms in total. The summed E-state index contributed by atoms with van der Waals surface area (Å²) in [5.41, 5.74) is 6.29. The highest BCUT2D eigenvalue weighted by Gasteiger charge is 2.35. The smallest absolute Gasteiger partial charge is 0.254 e. The molecule has 1 heterocycles.